The minimum Gasteiger partial charge on any atom is -0.496 e. The van der Waals surface area contributed by atoms with Crippen molar-refractivity contribution < 1.29 is 18.3 Å². The summed E-state index contributed by atoms with van der Waals surface area (Å²) in [5.41, 5.74) is 0.914. The lowest BCUT2D eigenvalue weighted by Crippen LogP contribution is -2.44. The summed E-state index contributed by atoms with van der Waals surface area (Å²) in [5, 5.41) is 6.35. The van der Waals surface area contributed by atoms with Gasteiger partial charge in [0.15, 0.2) is 5.82 Å². The fourth-order valence-corrected chi connectivity index (χ4v) is 4.86. The number of carbonyl (C=O) groups excluding carboxylic acids is 1. The van der Waals surface area contributed by atoms with Gasteiger partial charge in [0, 0.05) is 31.4 Å². The number of anilines is 2. The first kappa shape index (κ1) is 21.6. The first-order valence-corrected chi connectivity index (χ1v) is 10.9. The molecule has 9 heteroatoms. The van der Waals surface area contributed by atoms with Crippen LogP contribution in [0.1, 0.15) is 16.8 Å². The summed E-state index contributed by atoms with van der Waals surface area (Å²) in [6.07, 6.45) is 2.32. The molecule has 1 aromatic heterocycles. The Morgan fingerprint density at radius 2 is 2.12 bits per heavy atom. The van der Waals surface area contributed by atoms with Gasteiger partial charge >= 0.3 is 0 Å². The zero-order chi connectivity index (χ0) is 23.1. The molecule has 0 saturated carbocycles. The van der Waals surface area contributed by atoms with Crippen molar-refractivity contribution in [2.45, 2.75) is 18.5 Å². The molecular weight excluding hydrogens is 450 g/mol. The van der Waals surface area contributed by atoms with Gasteiger partial charge in [-0.15, -0.1) is 0 Å². The summed E-state index contributed by atoms with van der Waals surface area (Å²) in [5.74, 6) is -1.72. The van der Waals surface area contributed by atoms with Gasteiger partial charge in [-0.25, -0.2) is 8.78 Å². The second-order valence-electron chi connectivity index (χ2n) is 8.10. The van der Waals surface area contributed by atoms with Crippen LogP contribution in [-0.4, -0.2) is 43.2 Å². The van der Waals surface area contributed by atoms with Crippen molar-refractivity contribution in [2.24, 2.45) is 0 Å². The van der Waals surface area contributed by atoms with Crippen LogP contribution in [0, 0.1) is 11.6 Å². The predicted molar refractivity (Wildman–Crippen MR) is 123 cm³/mol. The molecule has 2 N–H and O–H groups in total. The molecule has 0 unspecified atom stereocenters. The molecule has 2 atom stereocenters. The number of nitrogens with one attached hydrogen (secondary N) is 2. The van der Waals surface area contributed by atoms with Gasteiger partial charge in [0.1, 0.15) is 17.3 Å². The van der Waals surface area contributed by atoms with Gasteiger partial charge in [-0.1, -0.05) is 17.7 Å². The normalized spacial score (nSPS) is 19.1. The second-order valence-corrected chi connectivity index (χ2v) is 8.51. The highest BCUT2D eigenvalue weighted by Crippen LogP contribution is 2.38. The number of fused-ring (bicyclic) bond motifs is 2. The number of hydrogen-bond acceptors (Lipinski definition) is 5. The fourth-order valence-electron chi connectivity index (χ4n) is 4.60. The highest BCUT2D eigenvalue weighted by Gasteiger charge is 2.38. The molecule has 2 fully saturated rings. The first-order chi connectivity index (χ1) is 16.0. The lowest BCUT2D eigenvalue weighted by atomic mass is 10.1. The third kappa shape index (κ3) is 3.89. The van der Waals surface area contributed by atoms with Crippen molar-refractivity contribution >= 4 is 28.9 Å². The molecule has 3 heterocycles. The molecule has 0 aliphatic carbocycles. The standard InChI is InChI=1S/C24H21ClF2N4O2/c1-33-20-4-2-3-17(25)21(20)23-22(27)16(7-8-28-23)24(32)30-18-9-13(26)5-6-19(18)31-12-14-10-15(31)11-29-14/h2-9,14-15,29H,10-12H2,1H3,(H,30,32)/t14-,15-/m1/s1. The number of halogens is 3. The molecule has 6 nitrogen and oxygen atoms in total. The van der Waals surface area contributed by atoms with Gasteiger partial charge in [-0.05, 0) is 42.8 Å². The Labute approximate surface area is 194 Å². The highest BCUT2D eigenvalue weighted by atomic mass is 35.5. The Balaban J connectivity index is 1.49. The molecule has 5 rings (SSSR count). The van der Waals surface area contributed by atoms with Gasteiger partial charge in [0.2, 0.25) is 0 Å². The van der Waals surface area contributed by atoms with Crippen LogP contribution in [0.4, 0.5) is 20.2 Å². The Hall–Kier alpha value is -3.23. The van der Waals surface area contributed by atoms with E-state index in [2.05, 4.69) is 20.5 Å². The Bertz CT molecular complexity index is 1240. The molecule has 2 aliphatic rings. The number of pyridine rings is 1. The average Bonchev–Trinajstić information content (AvgIpc) is 3.43. The Morgan fingerprint density at radius 3 is 2.85 bits per heavy atom. The maximum Gasteiger partial charge on any atom is 0.258 e. The number of aromatic nitrogens is 1. The van der Waals surface area contributed by atoms with E-state index in [9.17, 15) is 9.18 Å². The van der Waals surface area contributed by atoms with E-state index in [1.807, 2.05) is 0 Å². The smallest absolute Gasteiger partial charge is 0.258 e. The van der Waals surface area contributed by atoms with E-state index in [1.165, 1.54) is 31.5 Å². The molecule has 2 saturated heterocycles. The highest BCUT2D eigenvalue weighted by molar-refractivity contribution is 6.33. The number of methoxy groups -OCH3 is 1. The van der Waals surface area contributed by atoms with Crippen LogP contribution in [0.15, 0.2) is 48.7 Å². The zero-order valence-corrected chi connectivity index (χ0v) is 18.5. The average molecular weight is 471 g/mol. The second kappa shape index (κ2) is 8.61. The molecule has 3 aromatic rings. The fraction of sp³-hybridized carbons (Fsp3) is 0.250. The summed E-state index contributed by atoms with van der Waals surface area (Å²) in [7, 11) is 1.44. The Morgan fingerprint density at radius 1 is 1.27 bits per heavy atom. The summed E-state index contributed by atoms with van der Waals surface area (Å²) in [6, 6.07) is 11.1. The maximum atomic E-state index is 15.5. The SMILES string of the molecule is COc1cccc(Cl)c1-c1nccc(C(=O)Nc2cc(F)ccc2N2C[C@H]3C[C@@H]2CN3)c1F. The van der Waals surface area contributed by atoms with Crippen LogP contribution in [0.2, 0.25) is 5.02 Å². The third-order valence-corrected chi connectivity index (χ3v) is 6.45. The lowest BCUT2D eigenvalue weighted by molar-refractivity contribution is 0.102. The first-order valence-electron chi connectivity index (χ1n) is 10.5. The monoisotopic (exact) mass is 470 g/mol. The molecule has 0 spiro atoms. The largest absolute Gasteiger partial charge is 0.496 e. The number of piperazine rings is 1. The van der Waals surface area contributed by atoms with Crippen LogP contribution in [0.25, 0.3) is 11.3 Å². The number of benzene rings is 2. The number of nitrogens with zero attached hydrogens (tertiary/aromatic N) is 2. The van der Waals surface area contributed by atoms with Crippen LogP contribution < -0.4 is 20.3 Å². The van der Waals surface area contributed by atoms with Crippen molar-refractivity contribution in [3.8, 4) is 17.0 Å². The van der Waals surface area contributed by atoms with Gasteiger partial charge in [0.25, 0.3) is 5.91 Å². The molecule has 0 radical (unpaired) electrons. The van der Waals surface area contributed by atoms with Crippen molar-refractivity contribution in [3.05, 3.63) is 70.9 Å². The molecule has 2 bridgehead atoms. The summed E-state index contributed by atoms with van der Waals surface area (Å²) in [4.78, 5) is 19.3. The number of hydrogen-bond donors (Lipinski definition) is 2. The molecule has 2 aliphatic heterocycles. The van der Waals surface area contributed by atoms with Gasteiger partial charge in [-0.2, -0.15) is 0 Å². The summed E-state index contributed by atoms with van der Waals surface area (Å²) >= 11 is 6.28. The van der Waals surface area contributed by atoms with E-state index in [-0.39, 0.29) is 27.9 Å². The van der Waals surface area contributed by atoms with Crippen molar-refractivity contribution in [1.29, 1.82) is 0 Å². The zero-order valence-electron chi connectivity index (χ0n) is 17.7. The number of rotatable bonds is 5. The van der Waals surface area contributed by atoms with Crippen molar-refractivity contribution in [3.63, 3.8) is 0 Å². The van der Waals surface area contributed by atoms with Crippen LogP contribution >= 0.6 is 11.6 Å². The van der Waals surface area contributed by atoms with E-state index >= 15 is 4.39 Å². The topological polar surface area (TPSA) is 66.5 Å². The molecule has 170 valence electrons. The molecule has 2 aromatic carbocycles. The van der Waals surface area contributed by atoms with E-state index in [1.54, 1.807) is 24.3 Å². The van der Waals surface area contributed by atoms with Crippen LogP contribution in [0.5, 0.6) is 5.75 Å². The molecular formula is C24H21ClF2N4O2. The van der Waals surface area contributed by atoms with Gasteiger partial charge < -0.3 is 20.3 Å². The molecule has 33 heavy (non-hydrogen) atoms. The van der Waals surface area contributed by atoms with E-state index in [0.717, 1.165) is 19.5 Å². The van der Waals surface area contributed by atoms with E-state index in [0.29, 0.717) is 23.2 Å². The number of carbonyl (C=O) groups is 1. The van der Waals surface area contributed by atoms with Gasteiger partial charge in [-0.3, -0.25) is 9.78 Å². The minimum atomic E-state index is -0.844. The molecule has 1 amide bonds. The Kier molecular flexibility index (Phi) is 5.64. The maximum absolute atomic E-state index is 15.5. The quantitative estimate of drug-likeness (QED) is 0.575. The summed E-state index contributed by atoms with van der Waals surface area (Å²) in [6.45, 7) is 1.59. The minimum absolute atomic E-state index is 0.104. The lowest BCUT2D eigenvalue weighted by Gasteiger charge is -2.31. The van der Waals surface area contributed by atoms with Crippen molar-refractivity contribution in [1.82, 2.24) is 10.3 Å². The van der Waals surface area contributed by atoms with Crippen molar-refractivity contribution in [2.75, 3.05) is 30.4 Å². The number of ether oxygens (including phenoxy) is 1. The third-order valence-electron chi connectivity index (χ3n) is 6.14. The van der Waals surface area contributed by atoms with Gasteiger partial charge in [0.05, 0.1) is 34.6 Å². The predicted octanol–water partition coefficient (Wildman–Crippen LogP) is 4.49. The van der Waals surface area contributed by atoms with E-state index in [4.69, 9.17) is 16.3 Å². The summed E-state index contributed by atoms with van der Waals surface area (Å²) < 4.78 is 34.9. The van der Waals surface area contributed by atoms with Crippen LogP contribution in [0.3, 0.4) is 0 Å². The van der Waals surface area contributed by atoms with Crippen LogP contribution in [-0.2, 0) is 0 Å². The van der Waals surface area contributed by atoms with E-state index < -0.39 is 17.5 Å². The number of amides is 1.